The fraction of sp³-hybridized carbons (Fsp3) is 0.423. The van der Waals surface area contributed by atoms with Crippen molar-refractivity contribution in [1.29, 1.82) is 0 Å². The van der Waals surface area contributed by atoms with Crippen LogP contribution >= 0.6 is 35.3 Å². The molecule has 1 unspecified atom stereocenters. The standard InChI is InChI=1S/C26H28ClFN4O8S.ClH/c27-21-7-6-20(41-21)24(35)32(23(25(36)37)29-8-2-1-3-10-33)14-17-13-31(26(38)40-17)19-5-4-16(12-18(19)28)30-9-11-39-15-22(30)34;/h4-7,10,12,17,23,29H,1-3,8-9,11,13-15H2,(H,36,37);1H/t17-,23?;/m1./s1. The minimum absolute atomic E-state index is 0. The van der Waals surface area contributed by atoms with Gasteiger partial charge in [0.15, 0.2) is 6.17 Å². The van der Waals surface area contributed by atoms with Gasteiger partial charge in [0.1, 0.15) is 24.8 Å². The van der Waals surface area contributed by atoms with E-state index in [2.05, 4.69) is 5.32 Å². The van der Waals surface area contributed by atoms with E-state index in [0.29, 0.717) is 35.9 Å². The van der Waals surface area contributed by atoms with Gasteiger partial charge in [-0.15, -0.1) is 23.7 Å². The summed E-state index contributed by atoms with van der Waals surface area (Å²) < 4.78 is 26.0. The molecule has 0 radical (unpaired) electrons. The number of unbranched alkanes of at least 4 members (excludes halogenated alkanes) is 2. The number of cyclic esters (lactones) is 1. The Bertz CT molecular complexity index is 1310. The average Bonchev–Trinajstić information content (AvgIpc) is 3.54. The van der Waals surface area contributed by atoms with Crippen molar-refractivity contribution in [3.63, 3.8) is 0 Å². The molecule has 12 nitrogen and oxygen atoms in total. The molecule has 2 atom stereocenters. The maximum Gasteiger partial charge on any atom is 0.414 e. The molecular formula is C26H29Cl2FN4O8S. The number of hydrogen-bond donors (Lipinski definition) is 2. The Labute approximate surface area is 255 Å². The summed E-state index contributed by atoms with van der Waals surface area (Å²) in [6.07, 6.45) is -1.21. The highest BCUT2D eigenvalue weighted by molar-refractivity contribution is 7.18. The summed E-state index contributed by atoms with van der Waals surface area (Å²) in [5, 5.41) is 12.8. The van der Waals surface area contributed by atoms with Gasteiger partial charge in [0.25, 0.3) is 11.8 Å². The number of carbonyl (C=O) groups excluding carboxylic acids is 4. The van der Waals surface area contributed by atoms with Crippen LogP contribution in [0.1, 0.15) is 28.9 Å². The maximum absolute atomic E-state index is 15.2. The molecule has 2 aromatic rings. The molecule has 16 heteroatoms. The number of morpholine rings is 1. The van der Waals surface area contributed by atoms with Crippen LogP contribution in [-0.2, 0) is 23.9 Å². The molecule has 2 fully saturated rings. The van der Waals surface area contributed by atoms with Gasteiger partial charge in [0.2, 0.25) is 0 Å². The molecule has 1 aromatic heterocycles. The summed E-state index contributed by atoms with van der Waals surface area (Å²) in [6.45, 7) is 0.206. The molecule has 4 rings (SSSR count). The second kappa shape index (κ2) is 15.3. The first kappa shape index (κ1) is 33.2. The third-order valence-corrected chi connectivity index (χ3v) is 7.69. The fourth-order valence-electron chi connectivity index (χ4n) is 4.50. The smallest absolute Gasteiger partial charge is 0.414 e. The van der Waals surface area contributed by atoms with Crippen LogP contribution in [-0.4, -0.2) is 91.8 Å². The summed E-state index contributed by atoms with van der Waals surface area (Å²) in [6, 6.07) is 6.98. The predicted molar refractivity (Wildman–Crippen MR) is 154 cm³/mol. The Morgan fingerprint density at radius 3 is 2.67 bits per heavy atom. The molecule has 3 heterocycles. The van der Waals surface area contributed by atoms with Crippen molar-refractivity contribution in [3.05, 3.63) is 45.4 Å². The summed E-state index contributed by atoms with van der Waals surface area (Å²) in [4.78, 5) is 64.7. The topological polar surface area (TPSA) is 146 Å². The Morgan fingerprint density at radius 2 is 2.02 bits per heavy atom. The first-order chi connectivity index (χ1) is 19.7. The van der Waals surface area contributed by atoms with Gasteiger partial charge in [-0.05, 0) is 49.7 Å². The van der Waals surface area contributed by atoms with Crippen molar-refractivity contribution in [1.82, 2.24) is 10.2 Å². The number of aliphatic carboxylic acids is 1. The normalized spacial score (nSPS) is 17.4. The number of nitrogens with zero attached hydrogens (tertiary/aromatic N) is 3. The van der Waals surface area contributed by atoms with Crippen molar-refractivity contribution < 1.29 is 42.9 Å². The molecule has 2 saturated heterocycles. The molecule has 0 aliphatic carbocycles. The number of amides is 3. The first-order valence-electron chi connectivity index (χ1n) is 12.8. The monoisotopic (exact) mass is 646 g/mol. The van der Waals surface area contributed by atoms with Crippen LogP contribution in [0.25, 0.3) is 0 Å². The number of carboxylic acid groups (broad SMARTS) is 1. The number of ether oxygens (including phenoxy) is 2. The number of nitrogens with one attached hydrogen (secondary N) is 1. The molecule has 2 N–H and O–H groups in total. The van der Waals surface area contributed by atoms with E-state index < -0.39 is 36.1 Å². The zero-order valence-electron chi connectivity index (χ0n) is 22.2. The van der Waals surface area contributed by atoms with E-state index in [4.69, 9.17) is 21.1 Å². The minimum atomic E-state index is -1.48. The Kier molecular flexibility index (Phi) is 12.1. The van der Waals surface area contributed by atoms with Crippen molar-refractivity contribution in [3.8, 4) is 0 Å². The SMILES string of the molecule is Cl.O=CCCCCNC(C(=O)O)N(C[C@H]1CN(c2ccc(N3CCOCC3=O)cc2F)C(=O)O1)C(=O)c1ccc(Cl)s1. The molecule has 0 saturated carbocycles. The summed E-state index contributed by atoms with van der Waals surface area (Å²) in [5.41, 5.74) is 0.228. The summed E-state index contributed by atoms with van der Waals surface area (Å²) in [5.74, 6) is -3.06. The van der Waals surface area contributed by atoms with Crippen LogP contribution < -0.4 is 15.1 Å². The van der Waals surface area contributed by atoms with Gasteiger partial charge in [-0.3, -0.25) is 19.8 Å². The maximum atomic E-state index is 15.2. The highest BCUT2D eigenvalue weighted by Gasteiger charge is 2.39. The van der Waals surface area contributed by atoms with Crippen molar-refractivity contribution >= 4 is 76.9 Å². The van der Waals surface area contributed by atoms with E-state index >= 15 is 4.39 Å². The second-order valence-electron chi connectivity index (χ2n) is 9.27. The molecule has 0 spiro atoms. The number of benzene rings is 1. The Morgan fingerprint density at radius 1 is 1.24 bits per heavy atom. The highest BCUT2D eigenvalue weighted by Crippen LogP contribution is 2.30. The number of carbonyl (C=O) groups is 5. The van der Waals surface area contributed by atoms with Crippen molar-refractivity contribution in [2.75, 3.05) is 49.2 Å². The zero-order valence-corrected chi connectivity index (χ0v) is 24.6. The lowest BCUT2D eigenvalue weighted by Crippen LogP contribution is -2.56. The van der Waals surface area contributed by atoms with E-state index in [1.54, 1.807) is 0 Å². The number of carboxylic acids is 1. The van der Waals surface area contributed by atoms with Gasteiger partial charge in [-0.2, -0.15) is 0 Å². The van der Waals surface area contributed by atoms with Crippen LogP contribution in [0.4, 0.5) is 20.6 Å². The predicted octanol–water partition coefficient (Wildman–Crippen LogP) is 3.16. The van der Waals surface area contributed by atoms with Crippen LogP contribution in [0.5, 0.6) is 0 Å². The van der Waals surface area contributed by atoms with Crippen molar-refractivity contribution in [2.45, 2.75) is 31.5 Å². The molecule has 2 aliphatic heterocycles. The molecular weight excluding hydrogens is 618 g/mol. The third kappa shape index (κ3) is 7.95. The van der Waals surface area contributed by atoms with E-state index in [0.717, 1.165) is 33.5 Å². The average molecular weight is 648 g/mol. The minimum Gasteiger partial charge on any atom is -0.479 e. The van der Waals surface area contributed by atoms with Gasteiger partial charge >= 0.3 is 12.1 Å². The summed E-state index contributed by atoms with van der Waals surface area (Å²) in [7, 11) is 0. The molecule has 42 heavy (non-hydrogen) atoms. The van der Waals surface area contributed by atoms with Gasteiger partial charge in [0.05, 0.1) is 34.6 Å². The van der Waals surface area contributed by atoms with Gasteiger partial charge in [0, 0.05) is 18.7 Å². The molecule has 3 amide bonds. The van der Waals surface area contributed by atoms with E-state index in [1.807, 2.05) is 0 Å². The van der Waals surface area contributed by atoms with Gasteiger partial charge in [-0.25, -0.2) is 14.0 Å². The Hall–Kier alpha value is -3.30. The van der Waals surface area contributed by atoms with Gasteiger partial charge in [-0.1, -0.05) is 11.6 Å². The molecule has 0 bridgehead atoms. The first-order valence-corrected chi connectivity index (χ1v) is 14.0. The van der Waals surface area contributed by atoms with E-state index in [-0.39, 0.29) is 61.7 Å². The summed E-state index contributed by atoms with van der Waals surface area (Å²) >= 11 is 6.96. The lowest BCUT2D eigenvalue weighted by Gasteiger charge is -2.30. The molecule has 1 aromatic carbocycles. The lowest BCUT2D eigenvalue weighted by molar-refractivity contribution is -0.144. The molecule has 228 valence electrons. The van der Waals surface area contributed by atoms with E-state index in [9.17, 15) is 29.1 Å². The lowest BCUT2D eigenvalue weighted by atomic mass is 10.2. The Balaban J connectivity index is 0.00000484. The van der Waals surface area contributed by atoms with Crippen LogP contribution in [0, 0.1) is 5.82 Å². The number of thiophene rings is 1. The quantitative estimate of drug-likeness (QED) is 0.190. The fourth-order valence-corrected chi connectivity index (χ4v) is 5.50. The number of aldehydes is 1. The molecule has 2 aliphatic rings. The largest absolute Gasteiger partial charge is 0.479 e. The van der Waals surface area contributed by atoms with Crippen LogP contribution in [0.2, 0.25) is 4.34 Å². The number of hydrogen-bond acceptors (Lipinski definition) is 9. The zero-order chi connectivity index (χ0) is 29.5. The number of rotatable bonds is 13. The number of halogens is 3. The van der Waals surface area contributed by atoms with Gasteiger partial charge < -0.3 is 29.2 Å². The van der Waals surface area contributed by atoms with Crippen LogP contribution in [0.15, 0.2) is 30.3 Å². The highest BCUT2D eigenvalue weighted by atomic mass is 35.5. The second-order valence-corrected chi connectivity index (χ2v) is 11.0. The van der Waals surface area contributed by atoms with Crippen LogP contribution in [0.3, 0.4) is 0 Å². The third-order valence-electron chi connectivity index (χ3n) is 6.47. The van der Waals surface area contributed by atoms with E-state index in [1.165, 1.54) is 29.2 Å². The van der Waals surface area contributed by atoms with Crippen molar-refractivity contribution in [2.24, 2.45) is 0 Å². The number of anilines is 2.